The summed E-state index contributed by atoms with van der Waals surface area (Å²) in [6.07, 6.45) is 9.78. The molecule has 0 radical (unpaired) electrons. The highest BCUT2D eigenvalue weighted by atomic mass is 16.3. The van der Waals surface area contributed by atoms with Gasteiger partial charge in [0.05, 0.1) is 22.3 Å². The minimum absolute atomic E-state index is 0.514. The van der Waals surface area contributed by atoms with Gasteiger partial charge in [0.25, 0.3) is 0 Å². The van der Waals surface area contributed by atoms with Crippen LogP contribution in [-0.2, 0) is 34.6 Å². The molecule has 0 amide bonds. The van der Waals surface area contributed by atoms with Crippen LogP contribution in [0.25, 0.3) is 133 Å². The molecule has 462 valence electrons. The Labute approximate surface area is 544 Å². The van der Waals surface area contributed by atoms with Gasteiger partial charge in [0.15, 0.2) is 24.8 Å². The molecular formula is C85H82N4O4+4. The first kappa shape index (κ1) is 61.4. The van der Waals surface area contributed by atoms with E-state index in [9.17, 15) is 0 Å². The van der Waals surface area contributed by atoms with Gasteiger partial charge < -0.3 is 17.7 Å². The fourth-order valence-electron chi connectivity index (χ4n) is 13.3. The van der Waals surface area contributed by atoms with Crippen LogP contribution in [0.5, 0.6) is 0 Å². The molecule has 8 nitrogen and oxygen atoms in total. The van der Waals surface area contributed by atoms with Crippen LogP contribution < -0.4 is 18.3 Å². The molecule has 0 atom stereocenters. The zero-order chi connectivity index (χ0) is 64.9. The molecule has 0 aliphatic rings. The summed E-state index contributed by atoms with van der Waals surface area (Å²) in [5.74, 6) is 1.05. The Hall–Kier alpha value is -10.4. The zero-order valence-electron chi connectivity index (χ0n) is 56.1. The highest BCUT2D eigenvalue weighted by molar-refractivity contribution is 6.09. The first-order chi connectivity index (χ1) is 44.9. The Bertz CT molecular complexity index is 5520. The summed E-state index contributed by atoms with van der Waals surface area (Å²) < 4.78 is 33.0. The molecule has 16 aromatic rings. The van der Waals surface area contributed by atoms with Crippen molar-refractivity contribution in [1.82, 2.24) is 0 Å². The van der Waals surface area contributed by atoms with E-state index in [0.29, 0.717) is 11.8 Å². The van der Waals surface area contributed by atoms with Crippen LogP contribution in [0.4, 0.5) is 0 Å². The second kappa shape index (κ2) is 25.3. The summed E-state index contributed by atoms with van der Waals surface area (Å²) >= 11 is 0. The van der Waals surface area contributed by atoms with Crippen LogP contribution in [0.15, 0.2) is 237 Å². The lowest BCUT2D eigenvalue weighted by Gasteiger charge is -2.09. The number of hydrogen-bond donors (Lipinski definition) is 0. The number of aromatic nitrogens is 4. The Morgan fingerprint density at radius 2 is 0.645 bits per heavy atom. The Morgan fingerprint density at radius 1 is 0.301 bits per heavy atom. The maximum atomic E-state index is 6.08. The number of fused-ring (bicyclic) bond motifs is 12. The highest BCUT2D eigenvalue weighted by Crippen LogP contribution is 2.38. The number of benzene rings is 8. The number of aryl methyl sites for hydroxylation is 10. The maximum Gasteiger partial charge on any atom is 0.212 e. The van der Waals surface area contributed by atoms with E-state index in [2.05, 4.69) is 286 Å². The molecule has 0 saturated carbocycles. The van der Waals surface area contributed by atoms with E-state index in [1.165, 1.54) is 133 Å². The molecule has 0 saturated heterocycles. The molecule has 0 aliphatic heterocycles. The average molecular weight is 1220 g/mol. The number of furan rings is 4. The van der Waals surface area contributed by atoms with Gasteiger partial charge in [-0.05, 0) is 172 Å². The monoisotopic (exact) mass is 1220 g/mol. The van der Waals surface area contributed by atoms with Crippen molar-refractivity contribution in [2.75, 3.05) is 0 Å². The minimum atomic E-state index is 0.514. The molecule has 8 heterocycles. The van der Waals surface area contributed by atoms with Crippen LogP contribution in [0.2, 0.25) is 0 Å². The summed E-state index contributed by atoms with van der Waals surface area (Å²) in [6, 6.07) is 68.2. The van der Waals surface area contributed by atoms with Gasteiger partial charge in [0.1, 0.15) is 72.9 Å². The van der Waals surface area contributed by atoms with E-state index in [1.807, 2.05) is 48.5 Å². The third kappa shape index (κ3) is 12.0. The smallest absolute Gasteiger partial charge is 0.212 e. The van der Waals surface area contributed by atoms with Crippen molar-refractivity contribution in [3.63, 3.8) is 0 Å². The quantitative estimate of drug-likeness (QED) is 0.149. The predicted octanol–water partition coefficient (Wildman–Crippen LogP) is 20.7. The minimum Gasteiger partial charge on any atom is -0.456 e. The van der Waals surface area contributed by atoms with Gasteiger partial charge in [0, 0.05) is 90.1 Å². The summed E-state index contributed by atoms with van der Waals surface area (Å²) in [6.45, 7) is 21.9. The zero-order valence-corrected chi connectivity index (χ0v) is 56.1. The standard InChI is InChI=1S/2C22H22NO.C21H20NO.C20H18NO/c1-14(2)16-9-10-20(23(4)13-16)18-12-22-19(11-15(18)3)17-7-5-6-8-21(17)24-22;1-14(2)16-9-10-23(4)20(12-16)18-13-22-19(11-15(18)3)17-7-5-6-8-21(17)24-22;1-4-15-9-10-19(22(3)13-15)17-12-21-18(11-14(17)2)16-7-5-6-8-20(16)23-21;1-13-8-9-18(21(3)12-13)16-11-20-17(10-14(16)2)15-6-4-5-7-19(15)22-20/h2*5-14H,1-4H3;5-13H,4H2,1-3H3;4-12H,1-3H3/q4*+1. The number of hydrogen-bond acceptors (Lipinski definition) is 4. The van der Waals surface area contributed by atoms with E-state index in [-0.39, 0.29) is 0 Å². The summed E-state index contributed by atoms with van der Waals surface area (Å²) in [7, 11) is 8.41. The molecule has 8 aromatic heterocycles. The second-order valence-corrected chi connectivity index (χ2v) is 25.9. The van der Waals surface area contributed by atoms with Gasteiger partial charge in [-0.2, -0.15) is 0 Å². The van der Waals surface area contributed by atoms with Gasteiger partial charge in [0.2, 0.25) is 22.8 Å². The molecule has 93 heavy (non-hydrogen) atoms. The summed E-state index contributed by atoms with van der Waals surface area (Å²) in [5, 5.41) is 9.48. The molecular weight excluding hydrogens is 1140 g/mol. The normalized spacial score (nSPS) is 11.6. The third-order valence-corrected chi connectivity index (χ3v) is 18.5. The van der Waals surface area contributed by atoms with E-state index >= 15 is 0 Å². The van der Waals surface area contributed by atoms with Crippen LogP contribution in [0.3, 0.4) is 0 Å². The topological polar surface area (TPSA) is 68.1 Å². The van der Waals surface area contributed by atoms with Gasteiger partial charge in [-0.25, -0.2) is 18.3 Å². The van der Waals surface area contributed by atoms with Crippen molar-refractivity contribution >= 4 is 87.8 Å². The molecule has 0 N–H and O–H groups in total. The lowest BCUT2D eigenvalue weighted by molar-refractivity contribution is -0.661. The van der Waals surface area contributed by atoms with E-state index < -0.39 is 0 Å². The molecule has 0 unspecified atom stereocenters. The van der Waals surface area contributed by atoms with Gasteiger partial charge in [-0.15, -0.1) is 0 Å². The lowest BCUT2D eigenvalue weighted by atomic mass is 9.97. The number of para-hydroxylation sites is 4. The van der Waals surface area contributed by atoms with Crippen LogP contribution in [-0.4, -0.2) is 0 Å². The predicted molar refractivity (Wildman–Crippen MR) is 383 cm³/mol. The van der Waals surface area contributed by atoms with E-state index in [0.717, 1.165) is 51.1 Å². The first-order valence-electron chi connectivity index (χ1n) is 32.5. The molecule has 8 heteroatoms. The molecule has 0 spiro atoms. The van der Waals surface area contributed by atoms with Gasteiger partial charge >= 0.3 is 0 Å². The van der Waals surface area contributed by atoms with Crippen LogP contribution in [0.1, 0.15) is 91.0 Å². The third-order valence-electron chi connectivity index (χ3n) is 18.5. The molecule has 0 fully saturated rings. The Balaban J connectivity index is 0.000000113. The van der Waals surface area contributed by atoms with Crippen molar-refractivity contribution < 1.29 is 35.9 Å². The van der Waals surface area contributed by atoms with Gasteiger partial charge in [-0.3, -0.25) is 0 Å². The first-order valence-corrected chi connectivity index (χ1v) is 32.5. The second-order valence-electron chi connectivity index (χ2n) is 25.9. The SMILES string of the molecule is CCc1ccc(-c2cc3oc4ccccc4c3cc2C)[n+](C)c1.Cc1cc2c(cc1-c1cc(C(C)C)cc[n+]1C)oc1ccccc12.Cc1cc2c(cc1-c1ccc(C(C)C)c[n+]1C)oc1ccccc12.Cc1ccc(-c2cc3oc4ccccc4c3cc2C)[n+](C)c1. The average Bonchev–Trinajstić information content (AvgIpc) is 1.73. The molecule has 0 aliphatic carbocycles. The summed E-state index contributed by atoms with van der Waals surface area (Å²) in [4.78, 5) is 0. The van der Waals surface area contributed by atoms with E-state index in [4.69, 9.17) is 17.7 Å². The number of nitrogens with zero attached hydrogens (tertiary/aromatic N) is 4. The number of rotatable bonds is 7. The Kier molecular flexibility index (Phi) is 16.7. The largest absolute Gasteiger partial charge is 0.456 e. The van der Waals surface area contributed by atoms with Crippen LogP contribution in [0, 0.1) is 34.6 Å². The number of pyridine rings is 4. The summed E-state index contributed by atoms with van der Waals surface area (Å²) in [5.41, 5.74) is 27.7. The van der Waals surface area contributed by atoms with Crippen molar-refractivity contribution in [2.24, 2.45) is 28.2 Å². The molecule has 8 aromatic carbocycles. The van der Waals surface area contributed by atoms with Gasteiger partial charge in [-0.1, -0.05) is 107 Å². The lowest BCUT2D eigenvalue weighted by Crippen LogP contribution is -2.31. The molecule has 16 rings (SSSR count). The Morgan fingerprint density at radius 3 is 1.00 bits per heavy atom. The van der Waals surface area contributed by atoms with Crippen molar-refractivity contribution in [2.45, 2.75) is 87.5 Å². The maximum absolute atomic E-state index is 6.08. The van der Waals surface area contributed by atoms with Crippen molar-refractivity contribution in [3.05, 3.63) is 263 Å². The molecule has 0 bridgehead atoms. The van der Waals surface area contributed by atoms with Crippen LogP contribution >= 0.6 is 0 Å². The highest BCUT2D eigenvalue weighted by Gasteiger charge is 2.22. The van der Waals surface area contributed by atoms with Crippen molar-refractivity contribution in [3.8, 4) is 45.0 Å². The fourth-order valence-corrected chi connectivity index (χ4v) is 13.3. The fraction of sp³-hybridized carbons (Fsp3) is 0.200. The van der Waals surface area contributed by atoms with E-state index in [1.54, 1.807) is 0 Å². The van der Waals surface area contributed by atoms with Crippen molar-refractivity contribution in [1.29, 1.82) is 0 Å².